The zero-order chi connectivity index (χ0) is 20.1. The Kier molecular flexibility index (Phi) is 6.51. The maximum atomic E-state index is 12.4. The van der Waals surface area contributed by atoms with Crippen molar-refractivity contribution < 1.29 is 23.5 Å². The lowest BCUT2D eigenvalue weighted by Crippen LogP contribution is -2.41. The van der Waals surface area contributed by atoms with Crippen LogP contribution < -0.4 is 10.1 Å². The molecule has 1 aliphatic rings. The van der Waals surface area contributed by atoms with Gasteiger partial charge in [0.25, 0.3) is 11.8 Å². The average Bonchev–Trinajstić information content (AvgIpc) is 3.12. The molecule has 1 aliphatic heterocycles. The second-order valence-electron chi connectivity index (χ2n) is 6.67. The fourth-order valence-electron chi connectivity index (χ4n) is 3.13. The molecule has 0 saturated carbocycles. The standard InChI is InChI=1S/C20H21BrN2O5/c1-13(24)27-16-4-2-3-15(11-16)19(25)22-12-14-7-9-23(10-8-14)20(26)17-5-6-18(21)28-17/h2-6,11,14H,7-10,12H2,1H3,(H,22,25). The monoisotopic (exact) mass is 448 g/mol. The predicted molar refractivity (Wildman–Crippen MR) is 105 cm³/mol. The summed E-state index contributed by atoms with van der Waals surface area (Å²) in [5.41, 5.74) is 0.440. The van der Waals surface area contributed by atoms with E-state index < -0.39 is 5.97 Å². The van der Waals surface area contributed by atoms with Gasteiger partial charge in [0, 0.05) is 32.1 Å². The summed E-state index contributed by atoms with van der Waals surface area (Å²) in [5.74, 6) is 0.208. The molecule has 1 saturated heterocycles. The number of nitrogens with zero attached hydrogens (tertiary/aromatic N) is 1. The summed E-state index contributed by atoms with van der Waals surface area (Å²) in [6, 6.07) is 9.87. The van der Waals surface area contributed by atoms with Crippen molar-refractivity contribution >= 4 is 33.7 Å². The summed E-state index contributed by atoms with van der Waals surface area (Å²) in [4.78, 5) is 37.5. The zero-order valence-corrected chi connectivity index (χ0v) is 17.0. The van der Waals surface area contributed by atoms with Gasteiger partial charge in [-0.15, -0.1) is 0 Å². The number of esters is 1. The van der Waals surface area contributed by atoms with Gasteiger partial charge in [-0.1, -0.05) is 6.07 Å². The Labute approximate surface area is 171 Å². The molecule has 0 unspecified atom stereocenters. The number of amides is 2. The van der Waals surface area contributed by atoms with Crippen LogP contribution in [0, 0.1) is 5.92 Å². The van der Waals surface area contributed by atoms with Gasteiger partial charge in [-0.3, -0.25) is 14.4 Å². The minimum absolute atomic E-state index is 0.115. The number of rotatable bonds is 5. The largest absolute Gasteiger partial charge is 0.444 e. The van der Waals surface area contributed by atoms with Gasteiger partial charge >= 0.3 is 5.97 Å². The number of carbonyl (C=O) groups excluding carboxylic acids is 3. The van der Waals surface area contributed by atoms with E-state index >= 15 is 0 Å². The molecule has 7 nitrogen and oxygen atoms in total. The van der Waals surface area contributed by atoms with Crippen LogP contribution in [0.1, 0.15) is 40.7 Å². The number of furan rings is 1. The molecule has 1 aromatic carbocycles. The van der Waals surface area contributed by atoms with Crippen LogP contribution in [0.25, 0.3) is 0 Å². The first-order chi connectivity index (χ1) is 13.4. The van der Waals surface area contributed by atoms with Crippen LogP contribution in [0.15, 0.2) is 45.5 Å². The van der Waals surface area contributed by atoms with Crippen LogP contribution in [-0.2, 0) is 4.79 Å². The summed E-state index contributed by atoms with van der Waals surface area (Å²) in [7, 11) is 0. The molecule has 1 N–H and O–H groups in total. The summed E-state index contributed by atoms with van der Waals surface area (Å²) < 4.78 is 10.9. The zero-order valence-electron chi connectivity index (χ0n) is 15.4. The number of hydrogen-bond donors (Lipinski definition) is 1. The van der Waals surface area contributed by atoms with Crippen molar-refractivity contribution in [1.82, 2.24) is 10.2 Å². The van der Waals surface area contributed by atoms with E-state index in [1.54, 1.807) is 41.3 Å². The SMILES string of the molecule is CC(=O)Oc1cccc(C(=O)NCC2CCN(C(=O)c3ccc(Br)o3)CC2)c1. The highest BCUT2D eigenvalue weighted by molar-refractivity contribution is 9.10. The first-order valence-corrected chi connectivity index (χ1v) is 9.83. The van der Waals surface area contributed by atoms with Gasteiger partial charge < -0.3 is 19.4 Å². The smallest absolute Gasteiger partial charge is 0.308 e. The van der Waals surface area contributed by atoms with Crippen molar-refractivity contribution in [2.45, 2.75) is 19.8 Å². The lowest BCUT2D eigenvalue weighted by Gasteiger charge is -2.31. The lowest BCUT2D eigenvalue weighted by atomic mass is 9.96. The van der Waals surface area contributed by atoms with Crippen LogP contribution in [0.5, 0.6) is 5.75 Å². The molecular weight excluding hydrogens is 428 g/mol. The fraction of sp³-hybridized carbons (Fsp3) is 0.350. The van der Waals surface area contributed by atoms with Gasteiger partial charge in [0.05, 0.1) is 0 Å². The predicted octanol–water partition coefficient (Wildman–Crippen LogP) is 3.25. The maximum absolute atomic E-state index is 12.4. The highest BCUT2D eigenvalue weighted by Crippen LogP contribution is 2.21. The Hall–Kier alpha value is -2.61. The molecule has 2 amide bonds. The molecule has 148 valence electrons. The third kappa shape index (κ3) is 5.22. The third-order valence-corrected chi connectivity index (χ3v) is 5.02. The molecule has 0 aliphatic carbocycles. The molecule has 0 spiro atoms. The molecular formula is C20H21BrN2O5. The van der Waals surface area contributed by atoms with E-state index in [0.717, 1.165) is 12.8 Å². The van der Waals surface area contributed by atoms with E-state index in [1.807, 2.05) is 0 Å². The van der Waals surface area contributed by atoms with Gasteiger partial charge in [-0.05, 0) is 65.0 Å². The molecule has 8 heteroatoms. The van der Waals surface area contributed by atoms with Crippen LogP contribution in [-0.4, -0.2) is 42.3 Å². The van der Waals surface area contributed by atoms with E-state index in [4.69, 9.17) is 9.15 Å². The molecule has 1 aromatic heterocycles. The topological polar surface area (TPSA) is 88.9 Å². The van der Waals surface area contributed by atoms with E-state index in [1.165, 1.54) is 6.92 Å². The summed E-state index contributed by atoms with van der Waals surface area (Å²) >= 11 is 3.20. The first-order valence-electron chi connectivity index (χ1n) is 9.03. The van der Waals surface area contributed by atoms with Gasteiger partial charge in [0.1, 0.15) is 5.75 Å². The highest BCUT2D eigenvalue weighted by Gasteiger charge is 2.25. The summed E-state index contributed by atoms with van der Waals surface area (Å²) in [5, 5.41) is 2.92. The first kappa shape index (κ1) is 20.1. The normalized spacial score (nSPS) is 14.6. The second-order valence-corrected chi connectivity index (χ2v) is 7.45. The van der Waals surface area contributed by atoms with E-state index in [2.05, 4.69) is 21.2 Å². The Bertz CT molecular complexity index is 871. The quantitative estimate of drug-likeness (QED) is 0.559. The van der Waals surface area contributed by atoms with Gasteiger partial charge in [-0.2, -0.15) is 0 Å². The highest BCUT2D eigenvalue weighted by atomic mass is 79.9. The molecule has 3 rings (SSSR count). The Morgan fingerprint density at radius 1 is 1.21 bits per heavy atom. The third-order valence-electron chi connectivity index (χ3n) is 4.59. The number of ether oxygens (including phenoxy) is 1. The number of benzene rings is 1. The fourth-order valence-corrected chi connectivity index (χ4v) is 3.44. The van der Waals surface area contributed by atoms with Crippen LogP contribution in [0.3, 0.4) is 0 Å². The van der Waals surface area contributed by atoms with Crippen LogP contribution in [0.4, 0.5) is 0 Å². The molecule has 0 atom stereocenters. The number of hydrogen-bond acceptors (Lipinski definition) is 5. The Balaban J connectivity index is 1.47. The van der Waals surface area contributed by atoms with E-state index in [0.29, 0.717) is 47.3 Å². The molecule has 0 bridgehead atoms. The number of carbonyl (C=O) groups is 3. The number of halogens is 1. The maximum Gasteiger partial charge on any atom is 0.308 e. The van der Waals surface area contributed by atoms with Gasteiger partial charge in [0.15, 0.2) is 10.4 Å². The van der Waals surface area contributed by atoms with E-state index in [9.17, 15) is 14.4 Å². The van der Waals surface area contributed by atoms with Gasteiger partial charge in [-0.25, -0.2) is 0 Å². The molecule has 2 aromatic rings. The van der Waals surface area contributed by atoms with Crippen molar-refractivity contribution in [2.24, 2.45) is 5.92 Å². The van der Waals surface area contributed by atoms with Crippen molar-refractivity contribution in [3.63, 3.8) is 0 Å². The number of likely N-dealkylation sites (tertiary alicyclic amines) is 1. The minimum Gasteiger partial charge on any atom is -0.444 e. The second kappa shape index (κ2) is 9.05. The Morgan fingerprint density at radius 2 is 1.96 bits per heavy atom. The Morgan fingerprint density at radius 3 is 2.61 bits per heavy atom. The van der Waals surface area contributed by atoms with Gasteiger partial charge in [0.2, 0.25) is 0 Å². The molecule has 2 heterocycles. The summed E-state index contributed by atoms with van der Waals surface area (Å²) in [6.07, 6.45) is 1.61. The minimum atomic E-state index is -0.430. The van der Waals surface area contributed by atoms with E-state index in [-0.39, 0.29) is 11.8 Å². The average molecular weight is 449 g/mol. The molecule has 1 fully saturated rings. The van der Waals surface area contributed by atoms with Crippen molar-refractivity contribution in [3.05, 3.63) is 52.4 Å². The van der Waals surface area contributed by atoms with Crippen LogP contribution in [0.2, 0.25) is 0 Å². The van der Waals surface area contributed by atoms with Crippen LogP contribution >= 0.6 is 15.9 Å². The number of piperidine rings is 1. The summed E-state index contributed by atoms with van der Waals surface area (Å²) in [6.45, 7) is 3.10. The van der Waals surface area contributed by atoms with Crippen molar-refractivity contribution in [1.29, 1.82) is 0 Å². The molecule has 28 heavy (non-hydrogen) atoms. The lowest BCUT2D eigenvalue weighted by molar-refractivity contribution is -0.131. The number of nitrogens with one attached hydrogen (secondary N) is 1. The van der Waals surface area contributed by atoms with Crippen molar-refractivity contribution in [2.75, 3.05) is 19.6 Å². The molecule has 0 radical (unpaired) electrons. The van der Waals surface area contributed by atoms with Crippen molar-refractivity contribution in [3.8, 4) is 5.75 Å².